The summed E-state index contributed by atoms with van der Waals surface area (Å²) in [6, 6.07) is 13.2. The molecule has 0 aliphatic carbocycles. The largest absolute Gasteiger partial charge is 0.347 e. The summed E-state index contributed by atoms with van der Waals surface area (Å²) in [5.74, 6) is -0.387. The summed E-state index contributed by atoms with van der Waals surface area (Å²) >= 11 is 0. The summed E-state index contributed by atoms with van der Waals surface area (Å²) in [6.45, 7) is 2.33. The monoisotopic (exact) mass is 277 g/mol. The van der Waals surface area contributed by atoms with Gasteiger partial charge in [0.1, 0.15) is 11.6 Å². The average molecular weight is 277 g/mol. The number of carbonyl (C=O) groups is 1. The molecule has 1 heterocycles. The number of nitrogens with zero attached hydrogens (tertiary/aromatic N) is 2. The minimum absolute atomic E-state index is 0.0859. The Bertz CT molecular complexity index is 682. The van der Waals surface area contributed by atoms with Crippen LogP contribution in [0.2, 0.25) is 0 Å². The molecule has 0 radical (unpaired) electrons. The molecule has 1 amide bonds. The van der Waals surface area contributed by atoms with Crippen molar-refractivity contribution in [3.63, 3.8) is 0 Å². The quantitative estimate of drug-likeness (QED) is 0.690. The normalized spacial score (nSPS) is 10.8. The second-order valence-corrected chi connectivity index (χ2v) is 4.62. The predicted octanol–water partition coefficient (Wildman–Crippen LogP) is 2.61. The number of carbonyl (C=O) groups excluding carboxylic acids is 1. The first-order valence-corrected chi connectivity index (χ1v) is 6.54. The van der Waals surface area contributed by atoms with Gasteiger partial charge in [0.2, 0.25) is 0 Å². The van der Waals surface area contributed by atoms with Crippen LogP contribution in [0.1, 0.15) is 16.7 Å². The lowest BCUT2D eigenvalue weighted by Gasteiger charge is -2.04. The molecule has 1 aromatic carbocycles. The zero-order valence-electron chi connectivity index (χ0n) is 11.7. The van der Waals surface area contributed by atoms with Crippen molar-refractivity contribution in [2.45, 2.75) is 13.5 Å². The van der Waals surface area contributed by atoms with Crippen molar-refractivity contribution < 1.29 is 4.79 Å². The summed E-state index contributed by atoms with van der Waals surface area (Å²) in [7, 11) is 0. The maximum Gasteiger partial charge on any atom is 0.262 e. The van der Waals surface area contributed by atoms with Crippen LogP contribution in [0.15, 0.2) is 54.4 Å². The number of rotatable bonds is 4. The Labute approximate surface area is 123 Å². The summed E-state index contributed by atoms with van der Waals surface area (Å²) in [5, 5.41) is 11.8. The molecular weight excluding hydrogens is 262 g/mol. The highest BCUT2D eigenvalue weighted by atomic mass is 16.1. The van der Waals surface area contributed by atoms with Crippen molar-refractivity contribution in [1.82, 2.24) is 10.3 Å². The van der Waals surface area contributed by atoms with Gasteiger partial charge in [-0.3, -0.25) is 9.78 Å². The van der Waals surface area contributed by atoms with Crippen LogP contribution in [0.25, 0.3) is 6.08 Å². The molecule has 0 saturated heterocycles. The fraction of sp³-hybridized carbons (Fsp3) is 0.118. The van der Waals surface area contributed by atoms with Crippen LogP contribution >= 0.6 is 0 Å². The van der Waals surface area contributed by atoms with Crippen LogP contribution in [-0.4, -0.2) is 10.9 Å². The maximum atomic E-state index is 12.0. The molecule has 0 atom stereocenters. The van der Waals surface area contributed by atoms with E-state index in [2.05, 4.69) is 10.3 Å². The number of aryl methyl sites for hydroxylation is 1. The molecule has 1 N–H and O–H groups in total. The van der Waals surface area contributed by atoms with Crippen LogP contribution in [0.3, 0.4) is 0 Å². The van der Waals surface area contributed by atoms with Crippen LogP contribution in [-0.2, 0) is 11.3 Å². The minimum Gasteiger partial charge on any atom is -0.347 e. The Morgan fingerprint density at radius 1 is 1.33 bits per heavy atom. The van der Waals surface area contributed by atoms with E-state index in [1.54, 1.807) is 24.5 Å². The molecule has 104 valence electrons. The third-order valence-corrected chi connectivity index (χ3v) is 2.93. The first-order valence-electron chi connectivity index (χ1n) is 6.54. The smallest absolute Gasteiger partial charge is 0.262 e. The highest BCUT2D eigenvalue weighted by molar-refractivity contribution is 6.01. The number of pyridine rings is 1. The molecule has 4 nitrogen and oxygen atoms in total. The van der Waals surface area contributed by atoms with Gasteiger partial charge in [0, 0.05) is 18.9 Å². The first-order chi connectivity index (χ1) is 10.2. The molecule has 0 aliphatic rings. The molecule has 0 bridgehead atoms. The predicted molar refractivity (Wildman–Crippen MR) is 80.9 cm³/mol. The molecule has 0 fully saturated rings. The van der Waals surface area contributed by atoms with Crippen LogP contribution in [0.5, 0.6) is 0 Å². The number of benzene rings is 1. The van der Waals surface area contributed by atoms with Gasteiger partial charge < -0.3 is 5.32 Å². The Hall–Kier alpha value is -2.93. The summed E-state index contributed by atoms with van der Waals surface area (Å²) in [5.41, 5.74) is 2.93. The van der Waals surface area contributed by atoms with Gasteiger partial charge in [-0.25, -0.2) is 0 Å². The van der Waals surface area contributed by atoms with Gasteiger partial charge in [-0.1, -0.05) is 35.9 Å². The third kappa shape index (κ3) is 4.29. The van der Waals surface area contributed by atoms with E-state index in [9.17, 15) is 4.79 Å². The zero-order valence-corrected chi connectivity index (χ0v) is 11.7. The van der Waals surface area contributed by atoms with E-state index >= 15 is 0 Å². The number of hydrogen-bond donors (Lipinski definition) is 1. The third-order valence-electron chi connectivity index (χ3n) is 2.93. The highest BCUT2D eigenvalue weighted by Crippen LogP contribution is 2.08. The van der Waals surface area contributed by atoms with Crippen molar-refractivity contribution in [2.75, 3.05) is 0 Å². The Balaban J connectivity index is 2.05. The van der Waals surface area contributed by atoms with E-state index in [0.29, 0.717) is 6.54 Å². The molecule has 2 aromatic rings. The molecule has 0 spiro atoms. The zero-order chi connectivity index (χ0) is 15.1. The minimum atomic E-state index is -0.387. The van der Waals surface area contributed by atoms with Gasteiger partial charge >= 0.3 is 0 Å². The highest BCUT2D eigenvalue weighted by Gasteiger charge is 2.08. The van der Waals surface area contributed by atoms with Crippen molar-refractivity contribution in [3.05, 3.63) is 71.1 Å². The lowest BCUT2D eigenvalue weighted by Crippen LogP contribution is -2.23. The van der Waals surface area contributed by atoms with E-state index < -0.39 is 0 Å². The summed E-state index contributed by atoms with van der Waals surface area (Å²) < 4.78 is 0. The molecule has 1 aromatic heterocycles. The summed E-state index contributed by atoms with van der Waals surface area (Å²) in [6.07, 6.45) is 4.93. The lowest BCUT2D eigenvalue weighted by molar-refractivity contribution is -0.117. The number of amides is 1. The number of hydrogen-bond acceptors (Lipinski definition) is 3. The average Bonchev–Trinajstić information content (AvgIpc) is 2.53. The van der Waals surface area contributed by atoms with Gasteiger partial charge in [0.25, 0.3) is 5.91 Å². The number of aromatic nitrogens is 1. The standard InChI is InChI=1S/C17H15N3O/c1-13-4-6-14(7-5-13)9-16(10-18)17(21)20-12-15-3-2-8-19-11-15/h2-9,11H,12H2,1H3,(H,20,21)/b16-9+. The topological polar surface area (TPSA) is 65.8 Å². The van der Waals surface area contributed by atoms with Crippen molar-refractivity contribution in [1.29, 1.82) is 5.26 Å². The van der Waals surface area contributed by atoms with Gasteiger partial charge in [0.15, 0.2) is 0 Å². The van der Waals surface area contributed by atoms with E-state index in [1.165, 1.54) is 0 Å². The molecule has 0 unspecified atom stereocenters. The summed E-state index contributed by atoms with van der Waals surface area (Å²) in [4.78, 5) is 16.0. The van der Waals surface area contributed by atoms with Crippen LogP contribution < -0.4 is 5.32 Å². The van der Waals surface area contributed by atoms with Gasteiger partial charge in [-0.05, 0) is 30.2 Å². The molecule has 4 heteroatoms. The molecule has 21 heavy (non-hydrogen) atoms. The Morgan fingerprint density at radius 2 is 2.10 bits per heavy atom. The van der Waals surface area contributed by atoms with Crippen molar-refractivity contribution >= 4 is 12.0 Å². The van der Waals surface area contributed by atoms with E-state index in [-0.39, 0.29) is 11.5 Å². The Morgan fingerprint density at radius 3 is 2.71 bits per heavy atom. The second kappa shape index (κ2) is 7.01. The number of nitriles is 1. The first kappa shape index (κ1) is 14.5. The lowest BCUT2D eigenvalue weighted by atomic mass is 10.1. The van der Waals surface area contributed by atoms with Gasteiger partial charge in [-0.15, -0.1) is 0 Å². The van der Waals surface area contributed by atoms with Crippen molar-refractivity contribution in [3.8, 4) is 6.07 Å². The molecular formula is C17H15N3O. The van der Waals surface area contributed by atoms with E-state index in [4.69, 9.17) is 5.26 Å². The fourth-order valence-corrected chi connectivity index (χ4v) is 1.76. The number of nitrogens with one attached hydrogen (secondary N) is 1. The molecule has 2 rings (SSSR count). The second-order valence-electron chi connectivity index (χ2n) is 4.62. The maximum absolute atomic E-state index is 12.0. The van der Waals surface area contributed by atoms with Crippen LogP contribution in [0, 0.1) is 18.3 Å². The Kier molecular flexibility index (Phi) is 4.84. The van der Waals surface area contributed by atoms with Gasteiger partial charge in [-0.2, -0.15) is 5.26 Å². The molecule has 0 saturated carbocycles. The SMILES string of the molecule is Cc1ccc(/C=C(\C#N)C(=O)NCc2cccnc2)cc1. The van der Waals surface area contributed by atoms with Crippen molar-refractivity contribution in [2.24, 2.45) is 0 Å². The van der Waals surface area contributed by atoms with Gasteiger partial charge in [0.05, 0.1) is 0 Å². The van der Waals surface area contributed by atoms with Crippen LogP contribution in [0.4, 0.5) is 0 Å². The fourth-order valence-electron chi connectivity index (χ4n) is 1.76. The van der Waals surface area contributed by atoms with E-state index in [1.807, 2.05) is 43.3 Å². The van der Waals surface area contributed by atoms with E-state index in [0.717, 1.165) is 16.7 Å². The molecule has 0 aliphatic heterocycles.